The van der Waals surface area contributed by atoms with E-state index in [4.69, 9.17) is 10.5 Å². The van der Waals surface area contributed by atoms with E-state index in [1.165, 1.54) is 12.8 Å². The minimum absolute atomic E-state index is 0.0162. The van der Waals surface area contributed by atoms with E-state index in [0.29, 0.717) is 13.2 Å². The van der Waals surface area contributed by atoms with E-state index in [1.54, 1.807) is 0 Å². The molecule has 124 valence electrons. The summed E-state index contributed by atoms with van der Waals surface area (Å²) in [4.78, 5) is 28.1. The third-order valence-corrected chi connectivity index (χ3v) is 5.40. The van der Waals surface area contributed by atoms with Gasteiger partial charge < -0.3 is 15.4 Å². The van der Waals surface area contributed by atoms with Crippen LogP contribution in [0.5, 0.6) is 0 Å². The Morgan fingerprint density at radius 1 is 1.05 bits per heavy atom. The summed E-state index contributed by atoms with van der Waals surface area (Å²) >= 11 is 0. The first-order valence-corrected chi connectivity index (χ1v) is 8.58. The fraction of sp³-hybridized carbons (Fsp3) is 0.875. The molecule has 6 nitrogen and oxygen atoms in total. The first-order valence-electron chi connectivity index (χ1n) is 8.58. The van der Waals surface area contributed by atoms with Gasteiger partial charge >= 0.3 is 0 Å². The number of ether oxygens (including phenoxy) is 1. The molecule has 2 aliphatic heterocycles. The minimum atomic E-state index is -0.204. The molecule has 0 aromatic carbocycles. The maximum atomic E-state index is 12.7. The molecule has 0 aromatic heterocycles. The van der Waals surface area contributed by atoms with Crippen molar-refractivity contribution in [2.24, 2.45) is 11.7 Å². The summed E-state index contributed by atoms with van der Waals surface area (Å²) < 4.78 is 5.83. The number of hydrogen-bond acceptors (Lipinski definition) is 4. The lowest BCUT2D eigenvalue weighted by atomic mass is 9.90. The maximum absolute atomic E-state index is 12.7. The van der Waals surface area contributed by atoms with Crippen LogP contribution >= 0.6 is 0 Å². The Morgan fingerprint density at radius 2 is 1.77 bits per heavy atom. The van der Waals surface area contributed by atoms with Crippen LogP contribution in [-0.2, 0) is 14.3 Å². The summed E-state index contributed by atoms with van der Waals surface area (Å²) in [5.41, 5.74) is 5.36. The van der Waals surface area contributed by atoms with Gasteiger partial charge in [0.15, 0.2) is 0 Å². The molecule has 22 heavy (non-hydrogen) atoms. The van der Waals surface area contributed by atoms with E-state index in [1.807, 2.05) is 4.90 Å². The highest BCUT2D eigenvalue weighted by Crippen LogP contribution is 2.28. The molecule has 0 unspecified atom stereocenters. The summed E-state index contributed by atoms with van der Waals surface area (Å²) in [5.74, 6) is -0.000563. The van der Waals surface area contributed by atoms with Gasteiger partial charge in [-0.15, -0.1) is 0 Å². The van der Waals surface area contributed by atoms with Gasteiger partial charge in [-0.25, -0.2) is 0 Å². The molecule has 0 spiro atoms. The lowest BCUT2D eigenvalue weighted by Gasteiger charge is -2.44. The topological polar surface area (TPSA) is 75.9 Å². The van der Waals surface area contributed by atoms with Gasteiger partial charge in [-0.3, -0.25) is 14.5 Å². The lowest BCUT2D eigenvalue weighted by molar-refractivity contribution is -0.151. The van der Waals surface area contributed by atoms with Crippen LogP contribution < -0.4 is 5.73 Å². The second-order valence-electron chi connectivity index (χ2n) is 6.80. The van der Waals surface area contributed by atoms with Gasteiger partial charge in [0.2, 0.25) is 11.8 Å². The third kappa shape index (κ3) is 3.43. The summed E-state index contributed by atoms with van der Waals surface area (Å²) in [7, 11) is 0. The van der Waals surface area contributed by atoms with E-state index >= 15 is 0 Å². The van der Waals surface area contributed by atoms with Gasteiger partial charge in [-0.05, 0) is 38.8 Å². The minimum Gasteiger partial charge on any atom is -0.374 e. The number of amides is 2. The molecule has 2 N–H and O–H groups in total. The number of rotatable bonds is 3. The number of piperidine rings is 1. The summed E-state index contributed by atoms with van der Waals surface area (Å²) in [6.45, 7) is 3.43. The number of likely N-dealkylation sites (tertiary alicyclic amines) is 1. The molecule has 2 heterocycles. The zero-order chi connectivity index (χ0) is 15.5. The third-order valence-electron chi connectivity index (χ3n) is 5.40. The van der Waals surface area contributed by atoms with E-state index < -0.39 is 0 Å². The van der Waals surface area contributed by atoms with Crippen molar-refractivity contribution < 1.29 is 14.3 Å². The molecule has 6 heteroatoms. The quantitative estimate of drug-likeness (QED) is 0.816. The molecule has 2 saturated heterocycles. The van der Waals surface area contributed by atoms with Crippen LogP contribution in [-0.4, -0.2) is 66.5 Å². The number of carbonyl (C=O) groups excluding carboxylic acids is 2. The highest BCUT2D eigenvalue weighted by atomic mass is 16.5. The van der Waals surface area contributed by atoms with Crippen LogP contribution in [0.3, 0.4) is 0 Å². The second-order valence-corrected chi connectivity index (χ2v) is 6.80. The van der Waals surface area contributed by atoms with Crippen LogP contribution in [0, 0.1) is 5.92 Å². The number of carbonyl (C=O) groups is 2. The smallest absolute Gasteiger partial charge is 0.237 e. The van der Waals surface area contributed by atoms with Crippen molar-refractivity contribution in [3.05, 3.63) is 0 Å². The Bertz CT molecular complexity index is 419. The predicted molar refractivity (Wildman–Crippen MR) is 82.1 cm³/mol. The molecule has 2 amide bonds. The molecule has 1 saturated carbocycles. The summed E-state index contributed by atoms with van der Waals surface area (Å²) in [6, 6.07) is 0.276. The number of primary amides is 1. The van der Waals surface area contributed by atoms with E-state index in [0.717, 1.165) is 45.3 Å². The molecule has 0 radical (unpaired) electrons. The van der Waals surface area contributed by atoms with Gasteiger partial charge in [0, 0.05) is 12.5 Å². The molecule has 0 bridgehead atoms. The van der Waals surface area contributed by atoms with E-state index in [2.05, 4.69) is 4.90 Å². The Labute approximate surface area is 131 Å². The van der Waals surface area contributed by atoms with Crippen LogP contribution in [0.2, 0.25) is 0 Å². The van der Waals surface area contributed by atoms with Crippen molar-refractivity contribution in [1.29, 1.82) is 0 Å². The lowest BCUT2D eigenvalue weighted by Crippen LogP contribution is -2.57. The van der Waals surface area contributed by atoms with Crippen molar-refractivity contribution >= 4 is 11.8 Å². The number of nitrogens with zero attached hydrogens (tertiary/aromatic N) is 2. The van der Waals surface area contributed by atoms with Crippen LogP contribution in [0.15, 0.2) is 0 Å². The molecular weight excluding hydrogens is 282 g/mol. The highest BCUT2D eigenvalue weighted by molar-refractivity contribution is 5.79. The fourth-order valence-corrected chi connectivity index (χ4v) is 4.06. The summed E-state index contributed by atoms with van der Waals surface area (Å²) in [6.07, 6.45) is 6.35. The van der Waals surface area contributed by atoms with Gasteiger partial charge in [0.25, 0.3) is 0 Å². The first kappa shape index (κ1) is 15.7. The molecule has 1 aliphatic carbocycles. The van der Waals surface area contributed by atoms with Crippen LogP contribution in [0.4, 0.5) is 0 Å². The van der Waals surface area contributed by atoms with Crippen LogP contribution in [0.25, 0.3) is 0 Å². The van der Waals surface area contributed by atoms with Gasteiger partial charge in [0.05, 0.1) is 25.3 Å². The summed E-state index contributed by atoms with van der Waals surface area (Å²) in [5, 5.41) is 0. The molecule has 3 fully saturated rings. The maximum Gasteiger partial charge on any atom is 0.237 e. The van der Waals surface area contributed by atoms with Crippen molar-refractivity contribution in [2.75, 3.05) is 32.8 Å². The van der Waals surface area contributed by atoms with Gasteiger partial charge in [-0.1, -0.05) is 12.8 Å². The number of fused-ring (bicyclic) bond motifs is 1. The predicted octanol–water partition coefficient (Wildman–Crippen LogP) is 0.354. The fourth-order valence-electron chi connectivity index (χ4n) is 4.06. The van der Waals surface area contributed by atoms with Crippen LogP contribution in [0.1, 0.15) is 38.5 Å². The number of morpholine rings is 1. The number of hydrogen-bond donors (Lipinski definition) is 1. The molecule has 3 aliphatic rings. The Balaban J connectivity index is 1.52. The second kappa shape index (κ2) is 6.96. The molecular formula is C16H27N3O3. The number of nitrogens with two attached hydrogens (primary N) is 1. The van der Waals surface area contributed by atoms with E-state index in [9.17, 15) is 9.59 Å². The standard InChI is InChI=1S/C16H27N3O3/c17-16(21)12-5-7-18(8-6-12)11-15(20)19-9-10-22-14-4-2-1-3-13(14)19/h12-14H,1-11H2,(H2,17,21)/t13-,14-/m1/s1. The highest BCUT2D eigenvalue weighted by Gasteiger charge is 2.37. The largest absolute Gasteiger partial charge is 0.374 e. The Hall–Kier alpha value is -1.14. The van der Waals surface area contributed by atoms with Crippen molar-refractivity contribution in [1.82, 2.24) is 9.80 Å². The zero-order valence-electron chi connectivity index (χ0n) is 13.2. The van der Waals surface area contributed by atoms with Crippen molar-refractivity contribution in [3.63, 3.8) is 0 Å². The first-order chi connectivity index (χ1) is 10.6. The molecule has 3 rings (SSSR count). The SMILES string of the molecule is NC(=O)C1CCN(CC(=O)N2CCO[C@@H]3CCCC[C@H]32)CC1. The van der Waals surface area contributed by atoms with Gasteiger partial charge in [0.1, 0.15) is 0 Å². The molecule has 0 aromatic rings. The normalized spacial score (nSPS) is 30.8. The zero-order valence-corrected chi connectivity index (χ0v) is 13.2. The monoisotopic (exact) mass is 309 g/mol. The average molecular weight is 309 g/mol. The Kier molecular flexibility index (Phi) is 4.98. The Morgan fingerprint density at radius 3 is 2.50 bits per heavy atom. The average Bonchev–Trinajstić information content (AvgIpc) is 2.54. The molecule has 2 atom stereocenters. The van der Waals surface area contributed by atoms with Crippen molar-refractivity contribution in [2.45, 2.75) is 50.7 Å². The van der Waals surface area contributed by atoms with Gasteiger partial charge in [-0.2, -0.15) is 0 Å². The van der Waals surface area contributed by atoms with Crippen molar-refractivity contribution in [3.8, 4) is 0 Å². The van der Waals surface area contributed by atoms with E-state index in [-0.39, 0.29) is 29.9 Å².